The van der Waals surface area contributed by atoms with E-state index in [0.29, 0.717) is 6.54 Å². The van der Waals surface area contributed by atoms with E-state index in [1.54, 1.807) is 12.1 Å². The van der Waals surface area contributed by atoms with Gasteiger partial charge in [0.25, 0.3) is 0 Å². The molecule has 0 saturated carbocycles. The third-order valence-corrected chi connectivity index (χ3v) is 2.62. The monoisotopic (exact) mass is 254 g/mol. The van der Waals surface area contributed by atoms with Gasteiger partial charge >= 0.3 is 0 Å². The largest absolute Gasteiger partial charge is 0.494 e. The van der Waals surface area contributed by atoms with Gasteiger partial charge in [0.15, 0.2) is 11.6 Å². The fraction of sp³-hybridized carbons (Fsp3) is 0.462. The van der Waals surface area contributed by atoms with Crippen molar-refractivity contribution in [3.8, 4) is 5.75 Å². The number of nitrogens with one attached hydrogen (secondary N) is 2. The SMILES string of the molecule is CCNC(=O)CNC(C)c1ccc(F)c(OC)c1. The number of hydrogen-bond donors (Lipinski definition) is 2. The van der Waals surface area contributed by atoms with Crippen molar-refractivity contribution in [2.45, 2.75) is 19.9 Å². The molecule has 0 aliphatic heterocycles. The van der Waals surface area contributed by atoms with Crippen molar-refractivity contribution in [2.24, 2.45) is 0 Å². The summed E-state index contributed by atoms with van der Waals surface area (Å²) in [6.45, 7) is 4.62. The molecule has 0 aromatic heterocycles. The molecule has 2 N–H and O–H groups in total. The van der Waals surface area contributed by atoms with Crippen molar-refractivity contribution in [3.63, 3.8) is 0 Å². The zero-order chi connectivity index (χ0) is 13.5. The number of rotatable bonds is 6. The third-order valence-electron chi connectivity index (χ3n) is 2.62. The molecule has 0 heterocycles. The van der Waals surface area contributed by atoms with Crippen LogP contribution in [0.3, 0.4) is 0 Å². The second-order valence-electron chi connectivity index (χ2n) is 3.95. The van der Waals surface area contributed by atoms with Crippen LogP contribution in [0.15, 0.2) is 18.2 Å². The van der Waals surface area contributed by atoms with Crippen LogP contribution in [-0.2, 0) is 4.79 Å². The summed E-state index contributed by atoms with van der Waals surface area (Å²) in [5.74, 6) is -0.241. The van der Waals surface area contributed by atoms with Crippen LogP contribution in [0.1, 0.15) is 25.5 Å². The maximum atomic E-state index is 13.2. The van der Waals surface area contributed by atoms with Crippen LogP contribution in [0.5, 0.6) is 5.75 Å². The van der Waals surface area contributed by atoms with E-state index in [1.165, 1.54) is 13.2 Å². The van der Waals surface area contributed by atoms with Gasteiger partial charge in [0, 0.05) is 12.6 Å². The number of carbonyl (C=O) groups excluding carboxylic acids is 1. The van der Waals surface area contributed by atoms with Gasteiger partial charge in [0.05, 0.1) is 13.7 Å². The smallest absolute Gasteiger partial charge is 0.233 e. The van der Waals surface area contributed by atoms with Crippen LogP contribution >= 0.6 is 0 Å². The molecule has 1 unspecified atom stereocenters. The first kappa shape index (κ1) is 14.4. The molecule has 4 nitrogen and oxygen atoms in total. The average Bonchev–Trinajstić information content (AvgIpc) is 2.37. The predicted octanol–water partition coefficient (Wildman–Crippen LogP) is 1.62. The summed E-state index contributed by atoms with van der Waals surface area (Å²) in [5.41, 5.74) is 0.873. The second-order valence-corrected chi connectivity index (χ2v) is 3.95. The van der Waals surface area contributed by atoms with Crippen molar-refractivity contribution >= 4 is 5.91 Å². The Labute approximate surface area is 107 Å². The summed E-state index contributed by atoms with van der Waals surface area (Å²) in [6.07, 6.45) is 0. The average molecular weight is 254 g/mol. The molecule has 0 bridgehead atoms. The highest BCUT2D eigenvalue weighted by molar-refractivity contribution is 5.77. The maximum Gasteiger partial charge on any atom is 0.233 e. The second kappa shape index (κ2) is 6.96. The number of likely N-dealkylation sites (N-methyl/N-ethyl adjacent to an activating group) is 1. The van der Waals surface area contributed by atoms with Crippen molar-refractivity contribution < 1.29 is 13.9 Å². The summed E-state index contributed by atoms with van der Waals surface area (Å²) < 4.78 is 18.2. The molecular weight excluding hydrogens is 235 g/mol. The van der Waals surface area contributed by atoms with E-state index in [-0.39, 0.29) is 24.2 Å². The molecule has 18 heavy (non-hydrogen) atoms. The van der Waals surface area contributed by atoms with Gasteiger partial charge in [-0.25, -0.2) is 4.39 Å². The van der Waals surface area contributed by atoms with Crippen LogP contribution < -0.4 is 15.4 Å². The number of benzene rings is 1. The van der Waals surface area contributed by atoms with Gasteiger partial charge < -0.3 is 15.4 Å². The van der Waals surface area contributed by atoms with Crippen LogP contribution in [-0.4, -0.2) is 26.1 Å². The number of halogens is 1. The molecule has 0 radical (unpaired) electrons. The van der Waals surface area contributed by atoms with Gasteiger partial charge in [-0.3, -0.25) is 4.79 Å². The Morgan fingerprint density at radius 2 is 2.22 bits per heavy atom. The van der Waals surface area contributed by atoms with Gasteiger partial charge in [-0.2, -0.15) is 0 Å². The fourth-order valence-electron chi connectivity index (χ4n) is 1.57. The zero-order valence-electron chi connectivity index (χ0n) is 10.9. The van der Waals surface area contributed by atoms with Crippen LogP contribution in [0.4, 0.5) is 4.39 Å². The standard InChI is InChI=1S/C13H19FN2O2/c1-4-15-13(17)8-16-9(2)10-5-6-11(14)12(7-10)18-3/h5-7,9,16H,4,8H2,1-3H3,(H,15,17). The Bertz CT molecular complexity index is 410. The Morgan fingerprint density at radius 1 is 1.50 bits per heavy atom. The molecule has 1 aromatic rings. The third kappa shape index (κ3) is 4.00. The van der Waals surface area contributed by atoms with E-state index in [1.807, 2.05) is 13.8 Å². The van der Waals surface area contributed by atoms with Crippen molar-refractivity contribution in [1.82, 2.24) is 10.6 Å². The minimum atomic E-state index is -0.392. The first-order valence-electron chi connectivity index (χ1n) is 5.92. The van der Waals surface area contributed by atoms with Crippen molar-refractivity contribution in [2.75, 3.05) is 20.2 Å². The molecule has 1 aromatic carbocycles. The summed E-state index contributed by atoms with van der Waals surface area (Å²) in [6, 6.07) is 4.61. The van der Waals surface area contributed by atoms with E-state index in [4.69, 9.17) is 4.74 Å². The lowest BCUT2D eigenvalue weighted by Crippen LogP contribution is -2.34. The molecular formula is C13H19FN2O2. The highest BCUT2D eigenvalue weighted by Gasteiger charge is 2.10. The summed E-state index contributed by atoms with van der Waals surface area (Å²) in [4.78, 5) is 11.3. The van der Waals surface area contributed by atoms with Crippen molar-refractivity contribution in [3.05, 3.63) is 29.6 Å². The Kier molecular flexibility index (Phi) is 5.58. The Morgan fingerprint density at radius 3 is 2.83 bits per heavy atom. The first-order valence-corrected chi connectivity index (χ1v) is 5.92. The Balaban J connectivity index is 2.61. The lowest BCUT2D eigenvalue weighted by molar-refractivity contribution is -0.120. The molecule has 1 rings (SSSR count). The van der Waals surface area contributed by atoms with Gasteiger partial charge in [-0.1, -0.05) is 6.07 Å². The van der Waals surface area contributed by atoms with Gasteiger partial charge in [-0.15, -0.1) is 0 Å². The molecule has 1 amide bonds. The number of hydrogen-bond acceptors (Lipinski definition) is 3. The highest BCUT2D eigenvalue weighted by atomic mass is 19.1. The minimum Gasteiger partial charge on any atom is -0.494 e. The van der Waals surface area contributed by atoms with Crippen LogP contribution in [0.25, 0.3) is 0 Å². The molecule has 0 fully saturated rings. The normalized spacial score (nSPS) is 12.0. The number of amides is 1. The first-order chi connectivity index (χ1) is 8.58. The summed E-state index contributed by atoms with van der Waals surface area (Å²) in [7, 11) is 1.43. The topological polar surface area (TPSA) is 50.4 Å². The summed E-state index contributed by atoms with van der Waals surface area (Å²) >= 11 is 0. The summed E-state index contributed by atoms with van der Waals surface area (Å²) in [5, 5.41) is 5.76. The quantitative estimate of drug-likeness (QED) is 0.811. The van der Waals surface area contributed by atoms with E-state index >= 15 is 0 Å². The van der Waals surface area contributed by atoms with E-state index in [2.05, 4.69) is 10.6 Å². The van der Waals surface area contributed by atoms with Gasteiger partial charge in [0.1, 0.15) is 0 Å². The van der Waals surface area contributed by atoms with Gasteiger partial charge in [0.2, 0.25) is 5.91 Å². The van der Waals surface area contributed by atoms with E-state index in [9.17, 15) is 9.18 Å². The lowest BCUT2D eigenvalue weighted by atomic mass is 10.1. The molecule has 0 spiro atoms. The van der Waals surface area contributed by atoms with Crippen LogP contribution in [0, 0.1) is 5.82 Å². The number of carbonyl (C=O) groups is 1. The Hall–Kier alpha value is -1.62. The maximum absolute atomic E-state index is 13.2. The minimum absolute atomic E-state index is 0.0536. The number of ether oxygens (including phenoxy) is 1. The fourth-order valence-corrected chi connectivity index (χ4v) is 1.57. The van der Waals surface area contributed by atoms with E-state index in [0.717, 1.165) is 5.56 Å². The predicted molar refractivity (Wildman–Crippen MR) is 68.1 cm³/mol. The molecule has 0 saturated heterocycles. The van der Waals surface area contributed by atoms with Crippen LogP contribution in [0.2, 0.25) is 0 Å². The zero-order valence-corrected chi connectivity index (χ0v) is 10.9. The lowest BCUT2D eigenvalue weighted by Gasteiger charge is -2.15. The molecule has 0 aliphatic rings. The van der Waals surface area contributed by atoms with E-state index < -0.39 is 5.82 Å². The molecule has 5 heteroatoms. The van der Waals surface area contributed by atoms with Gasteiger partial charge in [-0.05, 0) is 31.5 Å². The van der Waals surface area contributed by atoms with Crippen molar-refractivity contribution in [1.29, 1.82) is 0 Å². The molecule has 0 aliphatic carbocycles. The molecule has 1 atom stereocenters. The highest BCUT2D eigenvalue weighted by Crippen LogP contribution is 2.22. The number of methoxy groups -OCH3 is 1. The molecule has 100 valence electrons.